The highest BCUT2D eigenvalue weighted by atomic mass is 79.9. The van der Waals surface area contributed by atoms with Gasteiger partial charge >= 0.3 is 0 Å². The molecule has 0 atom stereocenters. The molecule has 4 heteroatoms. The van der Waals surface area contributed by atoms with Gasteiger partial charge in [0.25, 0.3) is 0 Å². The van der Waals surface area contributed by atoms with Crippen LogP contribution in [0.4, 0.5) is 0 Å². The summed E-state index contributed by atoms with van der Waals surface area (Å²) in [7, 11) is 1.79. The Balaban J connectivity index is 2.48. The molecule has 0 unspecified atom stereocenters. The first-order valence-electron chi connectivity index (χ1n) is 6.36. The van der Waals surface area contributed by atoms with Crippen molar-refractivity contribution in [3.63, 3.8) is 0 Å². The fourth-order valence-corrected chi connectivity index (χ4v) is 2.17. The normalized spacial score (nSPS) is 11.3. The van der Waals surface area contributed by atoms with Crippen molar-refractivity contribution in [1.29, 1.82) is 0 Å². The standard InChI is InChI=1S/C15H22BrNO2/c1-11-8-12(2)10-13(9-11)19-7-6-17(5)14(18)15(3,4)16/h8-10H,6-7H2,1-5H3. The second kappa shape index (κ2) is 6.42. The number of alkyl halides is 1. The Morgan fingerprint density at radius 2 is 1.79 bits per heavy atom. The summed E-state index contributed by atoms with van der Waals surface area (Å²) in [6, 6.07) is 6.11. The van der Waals surface area contributed by atoms with Gasteiger partial charge < -0.3 is 9.64 Å². The highest BCUT2D eigenvalue weighted by molar-refractivity contribution is 9.10. The smallest absolute Gasteiger partial charge is 0.238 e. The molecule has 0 fully saturated rings. The van der Waals surface area contributed by atoms with Crippen LogP contribution in [0.25, 0.3) is 0 Å². The number of aryl methyl sites for hydroxylation is 2. The Labute approximate surface area is 124 Å². The number of ether oxygens (including phenoxy) is 1. The molecule has 0 spiro atoms. The summed E-state index contributed by atoms with van der Waals surface area (Å²) < 4.78 is 5.17. The van der Waals surface area contributed by atoms with Crippen LogP contribution in [0.1, 0.15) is 25.0 Å². The maximum absolute atomic E-state index is 11.9. The quantitative estimate of drug-likeness (QED) is 0.776. The third-order valence-corrected chi connectivity index (χ3v) is 3.09. The first kappa shape index (κ1) is 16.0. The van der Waals surface area contributed by atoms with E-state index in [0.717, 1.165) is 5.75 Å². The number of halogens is 1. The summed E-state index contributed by atoms with van der Waals surface area (Å²) >= 11 is 3.37. The van der Waals surface area contributed by atoms with E-state index in [1.807, 2.05) is 39.8 Å². The molecule has 0 saturated heterocycles. The second-order valence-corrected chi connectivity index (χ2v) is 7.35. The highest BCUT2D eigenvalue weighted by Gasteiger charge is 2.26. The van der Waals surface area contributed by atoms with Crippen LogP contribution in [0.3, 0.4) is 0 Å². The molecule has 0 aliphatic carbocycles. The molecule has 3 nitrogen and oxygen atoms in total. The lowest BCUT2D eigenvalue weighted by molar-refractivity contribution is -0.131. The maximum atomic E-state index is 11.9. The monoisotopic (exact) mass is 327 g/mol. The number of hydrogen-bond acceptors (Lipinski definition) is 2. The van der Waals surface area contributed by atoms with Crippen molar-refractivity contribution in [2.24, 2.45) is 0 Å². The van der Waals surface area contributed by atoms with Crippen LogP contribution in [0, 0.1) is 13.8 Å². The van der Waals surface area contributed by atoms with Crippen LogP contribution in [0.5, 0.6) is 5.75 Å². The van der Waals surface area contributed by atoms with Gasteiger partial charge in [-0.2, -0.15) is 0 Å². The predicted octanol–water partition coefficient (Wildman–Crippen LogP) is 3.31. The summed E-state index contributed by atoms with van der Waals surface area (Å²) in [6.45, 7) is 8.84. The number of carbonyl (C=O) groups is 1. The van der Waals surface area contributed by atoms with Gasteiger partial charge in [-0.05, 0) is 51.0 Å². The zero-order valence-corrected chi connectivity index (χ0v) is 13.9. The molecule has 1 aromatic rings. The molecule has 0 N–H and O–H groups in total. The van der Waals surface area contributed by atoms with Crippen molar-refractivity contribution in [3.8, 4) is 5.75 Å². The van der Waals surface area contributed by atoms with Crippen molar-refractivity contribution in [2.45, 2.75) is 32.0 Å². The number of carbonyl (C=O) groups excluding carboxylic acids is 1. The summed E-state index contributed by atoms with van der Waals surface area (Å²) in [4.78, 5) is 13.6. The van der Waals surface area contributed by atoms with E-state index in [2.05, 4.69) is 22.0 Å². The highest BCUT2D eigenvalue weighted by Crippen LogP contribution is 2.19. The van der Waals surface area contributed by atoms with Crippen LogP contribution >= 0.6 is 15.9 Å². The maximum Gasteiger partial charge on any atom is 0.238 e. The number of likely N-dealkylation sites (N-methyl/N-ethyl adjacent to an activating group) is 1. The molecular formula is C15H22BrNO2. The van der Waals surface area contributed by atoms with Gasteiger partial charge in [-0.3, -0.25) is 4.79 Å². The minimum Gasteiger partial charge on any atom is -0.492 e. The number of amides is 1. The number of nitrogens with zero attached hydrogens (tertiary/aromatic N) is 1. The molecule has 0 saturated carbocycles. The first-order valence-corrected chi connectivity index (χ1v) is 7.15. The molecule has 0 aromatic heterocycles. The molecule has 0 aliphatic rings. The molecule has 0 bridgehead atoms. The van der Waals surface area contributed by atoms with Gasteiger partial charge in [0.1, 0.15) is 12.4 Å². The number of hydrogen-bond donors (Lipinski definition) is 0. The lowest BCUT2D eigenvalue weighted by Crippen LogP contribution is -2.41. The van der Waals surface area contributed by atoms with E-state index >= 15 is 0 Å². The van der Waals surface area contributed by atoms with E-state index in [-0.39, 0.29) is 5.91 Å². The van der Waals surface area contributed by atoms with E-state index in [1.54, 1.807) is 11.9 Å². The fourth-order valence-electron chi connectivity index (χ4n) is 1.87. The van der Waals surface area contributed by atoms with Crippen LogP contribution in [-0.2, 0) is 4.79 Å². The minimum atomic E-state index is -0.526. The second-order valence-electron chi connectivity index (χ2n) is 5.37. The van der Waals surface area contributed by atoms with E-state index < -0.39 is 4.32 Å². The van der Waals surface area contributed by atoms with Crippen LogP contribution in [0.2, 0.25) is 0 Å². The lowest BCUT2D eigenvalue weighted by atomic mass is 10.1. The van der Waals surface area contributed by atoms with Crippen molar-refractivity contribution in [1.82, 2.24) is 4.90 Å². The van der Waals surface area contributed by atoms with Crippen molar-refractivity contribution in [3.05, 3.63) is 29.3 Å². The van der Waals surface area contributed by atoms with Gasteiger partial charge in [-0.1, -0.05) is 22.0 Å². The van der Waals surface area contributed by atoms with Gasteiger partial charge in [-0.15, -0.1) is 0 Å². The van der Waals surface area contributed by atoms with E-state index in [4.69, 9.17) is 4.74 Å². The summed E-state index contributed by atoms with van der Waals surface area (Å²) in [5, 5.41) is 0. The third kappa shape index (κ3) is 5.23. The minimum absolute atomic E-state index is 0.0523. The van der Waals surface area contributed by atoms with Crippen LogP contribution in [-0.4, -0.2) is 35.3 Å². The average Bonchev–Trinajstić information content (AvgIpc) is 2.25. The van der Waals surface area contributed by atoms with Crippen molar-refractivity contribution >= 4 is 21.8 Å². The molecule has 1 amide bonds. The average molecular weight is 328 g/mol. The largest absolute Gasteiger partial charge is 0.492 e. The van der Waals surface area contributed by atoms with Gasteiger partial charge in [0.15, 0.2) is 0 Å². The van der Waals surface area contributed by atoms with Gasteiger partial charge in [0.2, 0.25) is 5.91 Å². The van der Waals surface area contributed by atoms with Crippen molar-refractivity contribution in [2.75, 3.05) is 20.2 Å². The Kier molecular flexibility index (Phi) is 5.41. The van der Waals surface area contributed by atoms with Crippen molar-refractivity contribution < 1.29 is 9.53 Å². The topological polar surface area (TPSA) is 29.5 Å². The first-order chi connectivity index (χ1) is 8.70. The number of benzene rings is 1. The zero-order chi connectivity index (χ0) is 14.6. The summed E-state index contributed by atoms with van der Waals surface area (Å²) in [5.74, 6) is 0.910. The Morgan fingerprint density at radius 3 is 2.26 bits per heavy atom. The molecule has 19 heavy (non-hydrogen) atoms. The summed E-state index contributed by atoms with van der Waals surface area (Å²) in [6.07, 6.45) is 0. The Bertz CT molecular complexity index is 432. The molecule has 1 rings (SSSR count). The molecular weight excluding hydrogens is 306 g/mol. The van der Waals surface area contributed by atoms with E-state index in [0.29, 0.717) is 13.2 Å². The van der Waals surface area contributed by atoms with Gasteiger partial charge in [-0.25, -0.2) is 0 Å². The fraction of sp³-hybridized carbons (Fsp3) is 0.533. The molecule has 0 aliphatic heterocycles. The van der Waals surface area contributed by atoms with E-state index in [9.17, 15) is 4.79 Å². The van der Waals surface area contributed by atoms with Gasteiger partial charge in [0, 0.05) is 7.05 Å². The molecule has 106 valence electrons. The Hall–Kier alpha value is -1.03. The van der Waals surface area contributed by atoms with Crippen LogP contribution in [0.15, 0.2) is 18.2 Å². The SMILES string of the molecule is Cc1cc(C)cc(OCCN(C)C(=O)C(C)(C)Br)c1. The molecule has 0 heterocycles. The lowest BCUT2D eigenvalue weighted by Gasteiger charge is -2.24. The van der Waals surface area contributed by atoms with E-state index in [1.165, 1.54) is 11.1 Å². The summed E-state index contributed by atoms with van der Waals surface area (Å²) in [5.41, 5.74) is 2.36. The van der Waals surface area contributed by atoms with Crippen LogP contribution < -0.4 is 4.74 Å². The van der Waals surface area contributed by atoms with Gasteiger partial charge in [0.05, 0.1) is 10.9 Å². The zero-order valence-electron chi connectivity index (χ0n) is 12.3. The number of rotatable bonds is 5. The molecule has 1 aromatic carbocycles. The Morgan fingerprint density at radius 1 is 1.26 bits per heavy atom. The molecule has 0 radical (unpaired) electrons. The predicted molar refractivity (Wildman–Crippen MR) is 82.1 cm³/mol. The third-order valence-electron chi connectivity index (χ3n) is 2.75.